The number of nitrogen functional groups attached to an aromatic ring is 1. The lowest BCUT2D eigenvalue weighted by molar-refractivity contribution is 0.101. The van der Waals surface area contributed by atoms with E-state index >= 15 is 0 Å². The molecule has 2 rings (SSSR count). The van der Waals surface area contributed by atoms with Gasteiger partial charge in [-0.2, -0.15) is 0 Å². The van der Waals surface area contributed by atoms with E-state index in [-0.39, 0.29) is 5.78 Å². The SMILES string of the molecule is CC(=O)c1ccc(Oc2c(C)cccc2C)c(N)c1. The van der Waals surface area contributed by atoms with Crippen LogP contribution in [0.4, 0.5) is 5.69 Å². The molecular formula is C16H17NO2. The second-order valence-electron chi connectivity index (χ2n) is 4.63. The minimum Gasteiger partial charge on any atom is -0.455 e. The molecule has 0 fully saturated rings. The van der Waals surface area contributed by atoms with E-state index in [0.29, 0.717) is 17.0 Å². The third-order valence-corrected chi connectivity index (χ3v) is 3.04. The van der Waals surface area contributed by atoms with Gasteiger partial charge in [0.1, 0.15) is 11.5 Å². The molecule has 0 heterocycles. The van der Waals surface area contributed by atoms with Gasteiger partial charge in [0.25, 0.3) is 0 Å². The summed E-state index contributed by atoms with van der Waals surface area (Å²) in [6.07, 6.45) is 0. The maximum Gasteiger partial charge on any atom is 0.159 e. The molecule has 0 saturated carbocycles. The number of hydrogen-bond donors (Lipinski definition) is 1. The number of ether oxygens (including phenoxy) is 1. The first-order chi connectivity index (χ1) is 8.99. The largest absolute Gasteiger partial charge is 0.455 e. The number of nitrogens with two attached hydrogens (primary N) is 1. The number of benzene rings is 2. The lowest BCUT2D eigenvalue weighted by Crippen LogP contribution is -1.98. The summed E-state index contributed by atoms with van der Waals surface area (Å²) in [4.78, 5) is 11.3. The number of anilines is 1. The van der Waals surface area contributed by atoms with Crippen molar-refractivity contribution in [2.24, 2.45) is 0 Å². The van der Waals surface area contributed by atoms with Crippen LogP contribution in [0.1, 0.15) is 28.4 Å². The summed E-state index contributed by atoms with van der Waals surface area (Å²) in [6, 6.07) is 11.1. The molecule has 2 N–H and O–H groups in total. The van der Waals surface area contributed by atoms with Crippen LogP contribution < -0.4 is 10.5 Å². The van der Waals surface area contributed by atoms with E-state index in [1.165, 1.54) is 6.92 Å². The maximum absolute atomic E-state index is 11.3. The molecule has 0 aromatic heterocycles. The number of rotatable bonds is 3. The summed E-state index contributed by atoms with van der Waals surface area (Å²) in [5.41, 5.74) is 9.09. The highest BCUT2D eigenvalue weighted by Crippen LogP contribution is 2.32. The number of hydrogen-bond acceptors (Lipinski definition) is 3. The van der Waals surface area contributed by atoms with Gasteiger partial charge >= 0.3 is 0 Å². The zero-order chi connectivity index (χ0) is 14.0. The van der Waals surface area contributed by atoms with E-state index in [4.69, 9.17) is 10.5 Å². The van der Waals surface area contributed by atoms with Crippen LogP contribution in [0.5, 0.6) is 11.5 Å². The van der Waals surface area contributed by atoms with Gasteiger partial charge in [-0.25, -0.2) is 0 Å². The van der Waals surface area contributed by atoms with Crippen molar-refractivity contribution in [2.45, 2.75) is 20.8 Å². The fourth-order valence-corrected chi connectivity index (χ4v) is 1.93. The second-order valence-corrected chi connectivity index (χ2v) is 4.63. The van der Waals surface area contributed by atoms with E-state index in [9.17, 15) is 4.79 Å². The molecule has 2 aromatic carbocycles. The van der Waals surface area contributed by atoms with Crippen LogP contribution in [0, 0.1) is 13.8 Å². The van der Waals surface area contributed by atoms with Gasteiger partial charge in [-0.05, 0) is 50.1 Å². The van der Waals surface area contributed by atoms with E-state index in [1.807, 2.05) is 32.0 Å². The molecule has 0 spiro atoms. The van der Waals surface area contributed by atoms with Gasteiger partial charge in [-0.3, -0.25) is 4.79 Å². The Hall–Kier alpha value is -2.29. The van der Waals surface area contributed by atoms with Crippen molar-refractivity contribution in [3.63, 3.8) is 0 Å². The molecule has 0 aliphatic carbocycles. The van der Waals surface area contributed by atoms with Crippen molar-refractivity contribution in [1.29, 1.82) is 0 Å². The van der Waals surface area contributed by atoms with Crippen LogP contribution in [0.2, 0.25) is 0 Å². The summed E-state index contributed by atoms with van der Waals surface area (Å²) in [5, 5.41) is 0. The molecule has 0 aliphatic rings. The Morgan fingerprint density at radius 2 is 1.74 bits per heavy atom. The Labute approximate surface area is 113 Å². The summed E-state index contributed by atoms with van der Waals surface area (Å²) >= 11 is 0. The highest BCUT2D eigenvalue weighted by molar-refractivity contribution is 5.95. The number of para-hydroxylation sites is 1. The van der Waals surface area contributed by atoms with E-state index in [0.717, 1.165) is 16.9 Å². The van der Waals surface area contributed by atoms with Crippen molar-refractivity contribution in [3.05, 3.63) is 53.1 Å². The Morgan fingerprint density at radius 1 is 1.11 bits per heavy atom. The third-order valence-electron chi connectivity index (χ3n) is 3.04. The predicted molar refractivity (Wildman–Crippen MR) is 76.8 cm³/mol. The Morgan fingerprint density at radius 3 is 2.26 bits per heavy atom. The molecule has 2 aromatic rings. The standard InChI is InChI=1S/C16H17NO2/c1-10-5-4-6-11(2)16(10)19-15-8-7-13(12(3)18)9-14(15)17/h4-9H,17H2,1-3H3. The Balaban J connectivity index is 2.36. The zero-order valence-electron chi connectivity index (χ0n) is 11.4. The highest BCUT2D eigenvalue weighted by atomic mass is 16.5. The number of Topliss-reactive ketones (excluding diaryl/α,β-unsaturated/α-hetero) is 1. The van der Waals surface area contributed by atoms with Crippen LogP contribution in [-0.4, -0.2) is 5.78 Å². The number of carbonyl (C=O) groups is 1. The topological polar surface area (TPSA) is 52.3 Å². The van der Waals surface area contributed by atoms with Gasteiger partial charge in [0, 0.05) is 5.56 Å². The Bertz CT molecular complexity index is 612. The zero-order valence-corrected chi connectivity index (χ0v) is 11.4. The minimum absolute atomic E-state index is 0.00896. The molecule has 0 radical (unpaired) electrons. The van der Waals surface area contributed by atoms with Crippen LogP contribution in [-0.2, 0) is 0 Å². The van der Waals surface area contributed by atoms with Crippen molar-refractivity contribution >= 4 is 11.5 Å². The fourth-order valence-electron chi connectivity index (χ4n) is 1.93. The molecule has 0 saturated heterocycles. The van der Waals surface area contributed by atoms with Gasteiger partial charge in [0.2, 0.25) is 0 Å². The monoisotopic (exact) mass is 255 g/mol. The van der Waals surface area contributed by atoms with Gasteiger partial charge in [-0.1, -0.05) is 18.2 Å². The third kappa shape index (κ3) is 2.76. The first-order valence-corrected chi connectivity index (χ1v) is 6.13. The second kappa shape index (κ2) is 5.14. The number of ketones is 1. The normalized spacial score (nSPS) is 10.3. The van der Waals surface area contributed by atoms with Crippen molar-refractivity contribution < 1.29 is 9.53 Å². The van der Waals surface area contributed by atoms with E-state index in [1.54, 1.807) is 18.2 Å². The molecule has 0 amide bonds. The van der Waals surface area contributed by atoms with Crippen LogP contribution in [0.3, 0.4) is 0 Å². The predicted octanol–water partition coefficient (Wildman–Crippen LogP) is 3.88. The first-order valence-electron chi connectivity index (χ1n) is 6.13. The van der Waals surface area contributed by atoms with Gasteiger partial charge in [-0.15, -0.1) is 0 Å². The minimum atomic E-state index is -0.00896. The molecule has 19 heavy (non-hydrogen) atoms. The number of carbonyl (C=O) groups excluding carboxylic acids is 1. The summed E-state index contributed by atoms with van der Waals surface area (Å²) in [5.74, 6) is 1.37. The summed E-state index contributed by atoms with van der Waals surface area (Å²) in [6.45, 7) is 5.49. The fraction of sp³-hybridized carbons (Fsp3) is 0.188. The molecular weight excluding hydrogens is 238 g/mol. The van der Waals surface area contributed by atoms with Crippen molar-refractivity contribution in [2.75, 3.05) is 5.73 Å². The molecule has 98 valence electrons. The smallest absolute Gasteiger partial charge is 0.159 e. The van der Waals surface area contributed by atoms with E-state index in [2.05, 4.69) is 0 Å². The van der Waals surface area contributed by atoms with Gasteiger partial charge in [0.15, 0.2) is 5.78 Å². The average molecular weight is 255 g/mol. The molecule has 0 unspecified atom stereocenters. The van der Waals surface area contributed by atoms with Crippen LogP contribution in [0.25, 0.3) is 0 Å². The number of aryl methyl sites for hydroxylation is 2. The molecule has 3 heteroatoms. The molecule has 3 nitrogen and oxygen atoms in total. The van der Waals surface area contributed by atoms with Crippen LogP contribution in [0.15, 0.2) is 36.4 Å². The summed E-state index contributed by atoms with van der Waals surface area (Å²) in [7, 11) is 0. The molecule has 0 bridgehead atoms. The maximum atomic E-state index is 11.3. The lowest BCUT2D eigenvalue weighted by Gasteiger charge is -2.13. The molecule has 0 atom stereocenters. The van der Waals surface area contributed by atoms with Crippen LogP contribution >= 0.6 is 0 Å². The highest BCUT2D eigenvalue weighted by Gasteiger charge is 2.09. The molecule has 0 aliphatic heterocycles. The van der Waals surface area contributed by atoms with Gasteiger partial charge < -0.3 is 10.5 Å². The van der Waals surface area contributed by atoms with Crippen molar-refractivity contribution in [3.8, 4) is 11.5 Å². The average Bonchev–Trinajstić information content (AvgIpc) is 2.35. The van der Waals surface area contributed by atoms with Gasteiger partial charge in [0.05, 0.1) is 5.69 Å². The Kier molecular flexibility index (Phi) is 3.56. The first kappa shape index (κ1) is 13.1. The van der Waals surface area contributed by atoms with Crippen molar-refractivity contribution in [1.82, 2.24) is 0 Å². The summed E-state index contributed by atoms with van der Waals surface area (Å²) < 4.78 is 5.87. The van der Waals surface area contributed by atoms with E-state index < -0.39 is 0 Å². The lowest BCUT2D eigenvalue weighted by atomic mass is 10.1. The quantitative estimate of drug-likeness (QED) is 0.669.